The number of benzene rings is 1. The van der Waals surface area contributed by atoms with Gasteiger partial charge in [-0.1, -0.05) is 17.7 Å². The van der Waals surface area contributed by atoms with Crippen molar-refractivity contribution in [3.05, 3.63) is 45.6 Å². The topological polar surface area (TPSA) is 64.7 Å². The number of amides is 2. The third-order valence-electron chi connectivity index (χ3n) is 8.80. The fourth-order valence-corrected chi connectivity index (χ4v) is 8.95. The van der Waals surface area contributed by atoms with Gasteiger partial charge in [-0.25, -0.2) is 0 Å². The highest BCUT2D eigenvalue weighted by molar-refractivity contribution is 7.80. The van der Waals surface area contributed by atoms with Crippen molar-refractivity contribution in [2.75, 3.05) is 36.4 Å². The SMILES string of the molecule is O=C(CC12CC3CC(CC(C3)C1)C2)NC(=S)Nc1ccc(N2CCN(C(=O)c3cccs3)CC2)c(Cl)c1. The van der Waals surface area contributed by atoms with Crippen LogP contribution in [0, 0.1) is 23.2 Å². The van der Waals surface area contributed by atoms with E-state index < -0.39 is 0 Å². The summed E-state index contributed by atoms with van der Waals surface area (Å²) in [6.45, 7) is 2.77. The molecule has 0 unspecified atom stereocenters. The Labute approximate surface area is 232 Å². The van der Waals surface area contributed by atoms with Crippen molar-refractivity contribution in [2.24, 2.45) is 23.2 Å². The van der Waals surface area contributed by atoms with Gasteiger partial charge in [0.25, 0.3) is 5.91 Å². The van der Waals surface area contributed by atoms with Gasteiger partial charge in [0, 0.05) is 38.3 Å². The van der Waals surface area contributed by atoms with Gasteiger partial charge in [0.15, 0.2) is 5.11 Å². The molecule has 1 saturated heterocycles. The van der Waals surface area contributed by atoms with Gasteiger partial charge in [0.1, 0.15) is 0 Å². The second kappa shape index (κ2) is 10.2. The average Bonchev–Trinajstić information content (AvgIpc) is 3.37. The Hall–Kier alpha value is -2.16. The minimum Gasteiger partial charge on any atom is -0.367 e. The van der Waals surface area contributed by atoms with Crippen LogP contribution in [-0.4, -0.2) is 48.0 Å². The highest BCUT2D eigenvalue weighted by atomic mass is 35.5. The van der Waals surface area contributed by atoms with Crippen LogP contribution in [0.25, 0.3) is 0 Å². The van der Waals surface area contributed by atoms with E-state index in [2.05, 4.69) is 15.5 Å². The molecule has 0 atom stereocenters. The quantitative estimate of drug-likeness (QED) is 0.457. The van der Waals surface area contributed by atoms with Crippen LogP contribution in [-0.2, 0) is 4.79 Å². The van der Waals surface area contributed by atoms with E-state index in [4.69, 9.17) is 23.8 Å². The maximum atomic E-state index is 12.9. The summed E-state index contributed by atoms with van der Waals surface area (Å²) in [5.41, 5.74) is 1.88. The van der Waals surface area contributed by atoms with Crippen LogP contribution in [0.2, 0.25) is 5.02 Å². The molecule has 1 aromatic heterocycles. The molecule has 1 aliphatic heterocycles. The third-order valence-corrected chi connectivity index (χ3v) is 10.2. The fraction of sp³-hybridized carbons (Fsp3) is 0.536. The third kappa shape index (κ3) is 5.38. The van der Waals surface area contributed by atoms with Crippen molar-refractivity contribution in [3.8, 4) is 0 Å². The molecule has 196 valence electrons. The summed E-state index contributed by atoms with van der Waals surface area (Å²) in [4.78, 5) is 30.4. The number of nitrogens with zero attached hydrogens (tertiary/aromatic N) is 2. The maximum absolute atomic E-state index is 12.9. The molecule has 37 heavy (non-hydrogen) atoms. The number of carbonyl (C=O) groups is 2. The summed E-state index contributed by atoms with van der Waals surface area (Å²) >= 11 is 13.6. The van der Waals surface area contributed by atoms with Gasteiger partial charge in [-0.05, 0) is 104 Å². The number of hydrogen-bond donors (Lipinski definition) is 2. The van der Waals surface area contributed by atoms with Gasteiger partial charge in [-0.15, -0.1) is 11.3 Å². The average molecular weight is 557 g/mol. The Bertz CT molecular complexity index is 1160. The van der Waals surface area contributed by atoms with E-state index in [9.17, 15) is 9.59 Å². The zero-order valence-corrected chi connectivity index (χ0v) is 23.3. The second-order valence-corrected chi connectivity index (χ2v) is 13.3. The van der Waals surface area contributed by atoms with Crippen molar-refractivity contribution in [2.45, 2.75) is 44.9 Å². The van der Waals surface area contributed by atoms with Gasteiger partial charge in [-0.3, -0.25) is 9.59 Å². The lowest BCUT2D eigenvalue weighted by Crippen LogP contribution is -2.48. The zero-order valence-electron chi connectivity index (χ0n) is 20.9. The number of halogens is 1. The molecule has 2 N–H and O–H groups in total. The molecule has 2 aromatic rings. The maximum Gasteiger partial charge on any atom is 0.264 e. The zero-order chi connectivity index (χ0) is 25.6. The number of piperazine rings is 1. The van der Waals surface area contributed by atoms with Gasteiger partial charge >= 0.3 is 0 Å². The molecule has 5 aliphatic rings. The van der Waals surface area contributed by atoms with Crippen molar-refractivity contribution >= 4 is 63.5 Å². The molecule has 4 saturated carbocycles. The predicted molar refractivity (Wildman–Crippen MR) is 153 cm³/mol. The summed E-state index contributed by atoms with van der Waals surface area (Å²) in [6.07, 6.45) is 8.33. The summed E-state index contributed by atoms with van der Waals surface area (Å²) < 4.78 is 0. The van der Waals surface area contributed by atoms with Gasteiger partial charge < -0.3 is 20.4 Å². The Balaban J connectivity index is 1.01. The molecule has 2 heterocycles. The van der Waals surface area contributed by atoms with Crippen LogP contribution in [0.1, 0.15) is 54.6 Å². The van der Waals surface area contributed by atoms with Crippen molar-refractivity contribution in [3.63, 3.8) is 0 Å². The smallest absolute Gasteiger partial charge is 0.264 e. The van der Waals surface area contributed by atoms with Crippen LogP contribution in [0.3, 0.4) is 0 Å². The van der Waals surface area contributed by atoms with E-state index in [1.807, 2.05) is 40.6 Å². The first-order valence-corrected chi connectivity index (χ1v) is 15.0. The first-order chi connectivity index (χ1) is 17.9. The van der Waals surface area contributed by atoms with Gasteiger partial charge in [0.05, 0.1) is 15.6 Å². The fourth-order valence-electron chi connectivity index (χ4n) is 7.73. The summed E-state index contributed by atoms with van der Waals surface area (Å²) in [6, 6.07) is 9.53. The molecule has 0 radical (unpaired) electrons. The number of rotatable bonds is 5. The standard InChI is InChI=1S/C28H33ClN4O2S2/c29-22-13-21(3-4-23(22)32-5-7-33(8-6-32)26(35)24-2-1-9-37-24)30-27(36)31-25(34)17-28-14-18-10-19(15-28)12-20(11-18)16-28/h1-4,9,13,18-20H,5-8,10-12,14-17H2,(H2,30,31,34,36). The molecule has 4 bridgehead atoms. The van der Waals surface area contributed by atoms with Crippen LogP contribution in [0.15, 0.2) is 35.7 Å². The van der Waals surface area contributed by atoms with Crippen LogP contribution in [0.4, 0.5) is 11.4 Å². The molecule has 7 rings (SSSR count). The molecule has 6 nitrogen and oxygen atoms in total. The molecule has 9 heteroatoms. The summed E-state index contributed by atoms with van der Waals surface area (Å²) in [7, 11) is 0. The van der Waals surface area contributed by atoms with E-state index >= 15 is 0 Å². The monoisotopic (exact) mass is 556 g/mol. The van der Waals surface area contributed by atoms with Crippen molar-refractivity contribution < 1.29 is 9.59 Å². The molecule has 0 spiro atoms. The highest BCUT2D eigenvalue weighted by Gasteiger charge is 2.51. The molecular formula is C28H33ClN4O2S2. The van der Waals surface area contributed by atoms with Crippen LogP contribution in [0.5, 0.6) is 0 Å². The van der Waals surface area contributed by atoms with Gasteiger partial charge in [-0.2, -0.15) is 0 Å². The number of nitrogens with one attached hydrogen (secondary N) is 2. The number of hydrogen-bond acceptors (Lipinski definition) is 5. The Kier molecular flexibility index (Phi) is 6.92. The number of thiocarbonyl (C=S) groups is 1. The predicted octanol–water partition coefficient (Wildman–Crippen LogP) is 5.78. The number of carbonyl (C=O) groups excluding carboxylic acids is 2. The lowest BCUT2D eigenvalue weighted by molar-refractivity contribution is -0.127. The first kappa shape index (κ1) is 25.1. The van der Waals surface area contributed by atoms with Gasteiger partial charge in [0.2, 0.25) is 5.91 Å². The van der Waals surface area contributed by atoms with Crippen LogP contribution >= 0.6 is 35.2 Å². The van der Waals surface area contributed by atoms with E-state index in [0.717, 1.165) is 47.1 Å². The second-order valence-electron chi connectivity index (χ2n) is 11.5. The minimum absolute atomic E-state index is 0.0251. The number of thiophene rings is 1. The van der Waals surface area contributed by atoms with Crippen molar-refractivity contribution in [1.82, 2.24) is 10.2 Å². The first-order valence-electron chi connectivity index (χ1n) is 13.3. The van der Waals surface area contributed by atoms with E-state index in [0.29, 0.717) is 29.6 Å². The number of anilines is 2. The summed E-state index contributed by atoms with van der Waals surface area (Å²) in [5, 5.41) is 8.92. The Morgan fingerprint density at radius 2 is 1.70 bits per heavy atom. The van der Waals surface area contributed by atoms with E-state index in [1.54, 1.807) is 0 Å². The molecule has 2 amide bonds. The van der Waals surface area contributed by atoms with E-state index in [1.165, 1.54) is 49.9 Å². The Morgan fingerprint density at radius 1 is 1.03 bits per heavy atom. The lowest BCUT2D eigenvalue weighted by atomic mass is 9.49. The van der Waals surface area contributed by atoms with Crippen molar-refractivity contribution in [1.29, 1.82) is 0 Å². The molecule has 1 aromatic carbocycles. The summed E-state index contributed by atoms with van der Waals surface area (Å²) in [5.74, 6) is 2.61. The van der Waals surface area contributed by atoms with Crippen LogP contribution < -0.4 is 15.5 Å². The van der Waals surface area contributed by atoms with E-state index in [-0.39, 0.29) is 17.2 Å². The largest absolute Gasteiger partial charge is 0.367 e. The highest BCUT2D eigenvalue weighted by Crippen LogP contribution is 2.61. The lowest BCUT2D eigenvalue weighted by Gasteiger charge is -2.56. The minimum atomic E-state index is 0.0251. The molecular weight excluding hydrogens is 524 g/mol. The molecule has 4 aliphatic carbocycles. The molecule has 5 fully saturated rings. The Morgan fingerprint density at radius 3 is 2.30 bits per heavy atom. The normalized spacial score (nSPS) is 28.3.